The van der Waals surface area contributed by atoms with Crippen LogP contribution in [0.25, 0.3) is 11.3 Å². The lowest BCUT2D eigenvalue weighted by atomic mass is 10.1. The maximum Gasteiger partial charge on any atom is 0.127 e. The van der Waals surface area contributed by atoms with Crippen LogP contribution in [0.1, 0.15) is 5.56 Å². The third-order valence-corrected chi connectivity index (χ3v) is 3.56. The highest BCUT2D eigenvalue weighted by Gasteiger charge is 2.14. The molecule has 1 saturated heterocycles. The lowest BCUT2D eigenvalue weighted by Gasteiger charge is -2.26. The monoisotopic (exact) mass is 312 g/mol. The molecule has 0 saturated carbocycles. The molecule has 2 aromatic rings. The molecule has 114 valence electrons. The van der Waals surface area contributed by atoms with Crippen LogP contribution in [0.3, 0.4) is 0 Å². The Balaban J connectivity index is 0.00000161. The van der Waals surface area contributed by atoms with Crippen LogP contribution in [0, 0.1) is 5.82 Å². The van der Waals surface area contributed by atoms with Crippen LogP contribution >= 0.6 is 12.4 Å². The van der Waals surface area contributed by atoms with Crippen molar-refractivity contribution in [3.8, 4) is 11.3 Å². The van der Waals surface area contributed by atoms with Gasteiger partial charge in [0.05, 0.1) is 13.2 Å². The van der Waals surface area contributed by atoms with E-state index in [0.717, 1.165) is 56.1 Å². The molecule has 0 amide bonds. The second-order valence-corrected chi connectivity index (χ2v) is 4.90. The van der Waals surface area contributed by atoms with Crippen molar-refractivity contribution in [2.24, 2.45) is 0 Å². The Morgan fingerprint density at radius 1 is 1.14 bits per heavy atom. The summed E-state index contributed by atoms with van der Waals surface area (Å²) in [7, 11) is 0. The SMILES string of the molecule is Cl.Fc1ccc(-c2nocc2CCN2CCOCC2)cc1. The highest BCUT2D eigenvalue weighted by molar-refractivity contribution is 5.85. The van der Waals surface area contributed by atoms with Crippen molar-refractivity contribution in [1.29, 1.82) is 0 Å². The van der Waals surface area contributed by atoms with Gasteiger partial charge in [-0.2, -0.15) is 0 Å². The molecule has 1 aromatic heterocycles. The summed E-state index contributed by atoms with van der Waals surface area (Å²) in [6.07, 6.45) is 2.55. The predicted octanol–water partition coefficient (Wildman–Crippen LogP) is 2.78. The van der Waals surface area contributed by atoms with E-state index in [2.05, 4.69) is 10.1 Å². The molecule has 6 heteroatoms. The molecule has 1 fully saturated rings. The molecule has 1 aliphatic rings. The Hall–Kier alpha value is -1.43. The third-order valence-electron chi connectivity index (χ3n) is 3.56. The molecule has 3 rings (SSSR count). The molecular formula is C15H18ClFN2O2. The number of rotatable bonds is 4. The average Bonchev–Trinajstić information content (AvgIpc) is 2.95. The van der Waals surface area contributed by atoms with Gasteiger partial charge in [-0.15, -0.1) is 12.4 Å². The van der Waals surface area contributed by atoms with E-state index in [1.54, 1.807) is 18.4 Å². The first-order valence-electron chi connectivity index (χ1n) is 6.82. The minimum atomic E-state index is -0.243. The van der Waals surface area contributed by atoms with Gasteiger partial charge in [0, 0.05) is 30.8 Å². The van der Waals surface area contributed by atoms with Crippen LogP contribution in [0.15, 0.2) is 35.1 Å². The lowest BCUT2D eigenvalue weighted by molar-refractivity contribution is 0.0384. The lowest BCUT2D eigenvalue weighted by Crippen LogP contribution is -2.37. The molecule has 0 unspecified atom stereocenters. The number of morpholine rings is 1. The molecule has 21 heavy (non-hydrogen) atoms. The number of hydrogen-bond acceptors (Lipinski definition) is 4. The van der Waals surface area contributed by atoms with Crippen LogP contribution in [-0.4, -0.2) is 42.9 Å². The van der Waals surface area contributed by atoms with E-state index in [9.17, 15) is 4.39 Å². The van der Waals surface area contributed by atoms with Gasteiger partial charge in [-0.3, -0.25) is 4.90 Å². The van der Waals surface area contributed by atoms with Gasteiger partial charge in [0.2, 0.25) is 0 Å². The van der Waals surface area contributed by atoms with E-state index in [1.807, 2.05) is 0 Å². The quantitative estimate of drug-likeness (QED) is 0.870. The number of aromatic nitrogens is 1. The van der Waals surface area contributed by atoms with Crippen LogP contribution in [0.4, 0.5) is 4.39 Å². The van der Waals surface area contributed by atoms with Crippen LogP contribution in [0.5, 0.6) is 0 Å². The zero-order chi connectivity index (χ0) is 13.8. The van der Waals surface area contributed by atoms with E-state index in [-0.39, 0.29) is 18.2 Å². The summed E-state index contributed by atoms with van der Waals surface area (Å²) in [5.41, 5.74) is 2.75. The second-order valence-electron chi connectivity index (χ2n) is 4.90. The Labute approximate surface area is 129 Å². The molecule has 0 radical (unpaired) electrons. The summed E-state index contributed by atoms with van der Waals surface area (Å²) in [6, 6.07) is 6.34. The fourth-order valence-corrected chi connectivity index (χ4v) is 2.38. The first-order valence-corrected chi connectivity index (χ1v) is 6.82. The summed E-state index contributed by atoms with van der Waals surface area (Å²) in [5.74, 6) is -0.243. The van der Waals surface area contributed by atoms with Gasteiger partial charge in [-0.1, -0.05) is 5.16 Å². The molecule has 0 spiro atoms. The molecule has 4 nitrogen and oxygen atoms in total. The van der Waals surface area contributed by atoms with Crippen molar-refractivity contribution in [1.82, 2.24) is 10.1 Å². The number of hydrogen-bond donors (Lipinski definition) is 0. The molecule has 2 heterocycles. The predicted molar refractivity (Wildman–Crippen MR) is 80.1 cm³/mol. The molecule has 1 aliphatic heterocycles. The topological polar surface area (TPSA) is 38.5 Å². The van der Waals surface area contributed by atoms with Crippen molar-refractivity contribution < 1.29 is 13.7 Å². The Kier molecular flexibility index (Phi) is 5.73. The zero-order valence-electron chi connectivity index (χ0n) is 11.6. The Morgan fingerprint density at radius 3 is 2.57 bits per heavy atom. The number of benzene rings is 1. The van der Waals surface area contributed by atoms with Crippen molar-refractivity contribution in [2.75, 3.05) is 32.8 Å². The van der Waals surface area contributed by atoms with Crippen LogP contribution < -0.4 is 0 Å². The first kappa shape index (κ1) is 15.9. The van der Waals surface area contributed by atoms with Crippen molar-refractivity contribution in [2.45, 2.75) is 6.42 Å². The van der Waals surface area contributed by atoms with Gasteiger partial charge in [0.1, 0.15) is 17.8 Å². The van der Waals surface area contributed by atoms with Crippen LogP contribution in [0.2, 0.25) is 0 Å². The van der Waals surface area contributed by atoms with E-state index in [1.165, 1.54) is 12.1 Å². The van der Waals surface area contributed by atoms with E-state index < -0.39 is 0 Å². The van der Waals surface area contributed by atoms with E-state index in [4.69, 9.17) is 9.26 Å². The van der Waals surface area contributed by atoms with Gasteiger partial charge in [-0.25, -0.2) is 4.39 Å². The van der Waals surface area contributed by atoms with Crippen molar-refractivity contribution >= 4 is 12.4 Å². The minimum absolute atomic E-state index is 0. The van der Waals surface area contributed by atoms with Gasteiger partial charge in [0.25, 0.3) is 0 Å². The van der Waals surface area contributed by atoms with Crippen LogP contribution in [-0.2, 0) is 11.2 Å². The van der Waals surface area contributed by atoms with Gasteiger partial charge >= 0.3 is 0 Å². The number of ether oxygens (including phenoxy) is 1. The standard InChI is InChI=1S/C15H17FN2O2.ClH/c16-14-3-1-12(2-4-14)15-13(11-20-17-15)5-6-18-7-9-19-10-8-18;/h1-4,11H,5-10H2;1H. The molecular weight excluding hydrogens is 295 g/mol. The highest BCUT2D eigenvalue weighted by atomic mass is 35.5. The molecule has 0 atom stereocenters. The highest BCUT2D eigenvalue weighted by Crippen LogP contribution is 2.23. The Morgan fingerprint density at radius 2 is 1.86 bits per heavy atom. The fourth-order valence-electron chi connectivity index (χ4n) is 2.38. The zero-order valence-corrected chi connectivity index (χ0v) is 12.4. The average molecular weight is 313 g/mol. The third kappa shape index (κ3) is 4.03. The normalized spacial score (nSPS) is 15.7. The van der Waals surface area contributed by atoms with E-state index in [0.29, 0.717) is 0 Å². The largest absolute Gasteiger partial charge is 0.379 e. The maximum atomic E-state index is 13.0. The second kappa shape index (κ2) is 7.54. The molecule has 0 bridgehead atoms. The number of halogens is 2. The fraction of sp³-hybridized carbons (Fsp3) is 0.400. The summed E-state index contributed by atoms with van der Waals surface area (Å²) < 4.78 is 23.4. The smallest absolute Gasteiger partial charge is 0.127 e. The molecule has 0 N–H and O–H groups in total. The summed E-state index contributed by atoms with van der Waals surface area (Å²) >= 11 is 0. The van der Waals surface area contributed by atoms with Gasteiger partial charge in [0.15, 0.2) is 0 Å². The number of nitrogens with zero attached hydrogens (tertiary/aromatic N) is 2. The van der Waals surface area contributed by atoms with Gasteiger partial charge in [-0.05, 0) is 30.7 Å². The summed E-state index contributed by atoms with van der Waals surface area (Å²) in [6.45, 7) is 4.50. The van der Waals surface area contributed by atoms with Gasteiger partial charge < -0.3 is 9.26 Å². The van der Waals surface area contributed by atoms with Crippen molar-refractivity contribution in [3.05, 3.63) is 41.9 Å². The van der Waals surface area contributed by atoms with Crippen molar-refractivity contribution in [3.63, 3.8) is 0 Å². The summed E-state index contributed by atoms with van der Waals surface area (Å²) in [5, 5.41) is 4.04. The molecule has 1 aromatic carbocycles. The van der Waals surface area contributed by atoms with E-state index >= 15 is 0 Å². The first-order chi connectivity index (χ1) is 9.83. The summed E-state index contributed by atoms with van der Waals surface area (Å²) in [4.78, 5) is 2.37. The minimum Gasteiger partial charge on any atom is -0.379 e. The maximum absolute atomic E-state index is 13.0. The Bertz CT molecular complexity index is 553. The molecule has 0 aliphatic carbocycles.